The lowest BCUT2D eigenvalue weighted by Crippen LogP contribution is -2.28. The zero-order valence-corrected chi connectivity index (χ0v) is 16.2. The molecule has 3 heterocycles. The van der Waals surface area contributed by atoms with Gasteiger partial charge in [0.25, 0.3) is 0 Å². The van der Waals surface area contributed by atoms with Crippen LogP contribution in [-0.2, 0) is 11.3 Å². The number of benzene rings is 1. The van der Waals surface area contributed by atoms with Crippen LogP contribution in [0.15, 0.2) is 30.5 Å². The van der Waals surface area contributed by atoms with Gasteiger partial charge in [-0.05, 0) is 30.9 Å². The van der Waals surface area contributed by atoms with E-state index in [1.165, 1.54) is 6.07 Å². The standard InChI is InChI=1S/C20H25FN6O/c1-13(2)12-27-18-17(25-20(27)24-16-6-4-3-5-15(16)21)11-22-19(26-18)23-14-7-9-28-10-8-14/h3-6,11,13-14H,7-10,12H2,1-2H3,(H,24,25)(H,22,23,26). The Bertz CT molecular complexity index is 951. The van der Waals surface area contributed by atoms with E-state index in [-0.39, 0.29) is 5.82 Å². The molecule has 148 valence electrons. The van der Waals surface area contributed by atoms with Crippen molar-refractivity contribution in [2.24, 2.45) is 5.92 Å². The van der Waals surface area contributed by atoms with Crippen LogP contribution in [0.2, 0.25) is 0 Å². The van der Waals surface area contributed by atoms with E-state index in [9.17, 15) is 4.39 Å². The highest BCUT2D eigenvalue weighted by atomic mass is 19.1. The third-order valence-electron chi connectivity index (χ3n) is 4.71. The molecule has 2 aromatic heterocycles. The summed E-state index contributed by atoms with van der Waals surface area (Å²) >= 11 is 0. The molecule has 0 amide bonds. The molecule has 1 aliphatic heterocycles. The van der Waals surface area contributed by atoms with E-state index in [0.717, 1.165) is 31.7 Å². The van der Waals surface area contributed by atoms with Crippen molar-refractivity contribution in [1.29, 1.82) is 0 Å². The Morgan fingerprint density at radius 3 is 2.75 bits per heavy atom. The summed E-state index contributed by atoms with van der Waals surface area (Å²) in [5, 5.41) is 6.51. The van der Waals surface area contributed by atoms with Gasteiger partial charge in [-0.2, -0.15) is 4.98 Å². The summed E-state index contributed by atoms with van der Waals surface area (Å²) in [6.45, 7) is 6.47. The zero-order valence-electron chi connectivity index (χ0n) is 16.2. The molecule has 2 N–H and O–H groups in total. The molecular formula is C20H25FN6O. The van der Waals surface area contributed by atoms with Crippen LogP contribution in [0, 0.1) is 11.7 Å². The Labute approximate surface area is 163 Å². The number of nitrogens with zero attached hydrogens (tertiary/aromatic N) is 4. The van der Waals surface area contributed by atoms with Gasteiger partial charge in [-0.3, -0.25) is 4.57 Å². The Kier molecular flexibility index (Phi) is 5.38. The van der Waals surface area contributed by atoms with Gasteiger partial charge in [-0.25, -0.2) is 14.4 Å². The van der Waals surface area contributed by atoms with Crippen LogP contribution in [0.3, 0.4) is 0 Å². The second-order valence-corrected chi connectivity index (χ2v) is 7.48. The molecule has 1 fully saturated rings. The molecule has 4 rings (SSSR count). The molecule has 8 heteroatoms. The predicted octanol–water partition coefficient (Wildman–Crippen LogP) is 3.96. The minimum absolute atomic E-state index is 0.309. The van der Waals surface area contributed by atoms with Crippen LogP contribution in [0.4, 0.5) is 22.0 Å². The second kappa shape index (κ2) is 8.10. The molecule has 1 saturated heterocycles. The fraction of sp³-hybridized carbons (Fsp3) is 0.450. The summed E-state index contributed by atoms with van der Waals surface area (Å²) < 4.78 is 21.5. The van der Waals surface area contributed by atoms with Crippen molar-refractivity contribution in [1.82, 2.24) is 19.5 Å². The quantitative estimate of drug-likeness (QED) is 0.670. The maximum absolute atomic E-state index is 14.1. The van der Waals surface area contributed by atoms with E-state index < -0.39 is 0 Å². The second-order valence-electron chi connectivity index (χ2n) is 7.48. The lowest BCUT2D eigenvalue weighted by atomic mass is 10.1. The molecule has 1 aliphatic rings. The van der Waals surface area contributed by atoms with Crippen molar-refractivity contribution < 1.29 is 9.13 Å². The molecule has 0 spiro atoms. The van der Waals surface area contributed by atoms with Crippen molar-refractivity contribution in [2.45, 2.75) is 39.3 Å². The van der Waals surface area contributed by atoms with Crippen LogP contribution in [-0.4, -0.2) is 38.8 Å². The highest BCUT2D eigenvalue weighted by Gasteiger charge is 2.18. The molecule has 28 heavy (non-hydrogen) atoms. The number of nitrogens with one attached hydrogen (secondary N) is 2. The Morgan fingerprint density at radius 2 is 2.00 bits per heavy atom. The largest absolute Gasteiger partial charge is 0.381 e. The van der Waals surface area contributed by atoms with Gasteiger partial charge in [0.05, 0.1) is 11.9 Å². The van der Waals surface area contributed by atoms with Crippen molar-refractivity contribution in [2.75, 3.05) is 23.8 Å². The zero-order chi connectivity index (χ0) is 19.5. The lowest BCUT2D eigenvalue weighted by molar-refractivity contribution is 0.0903. The SMILES string of the molecule is CC(C)Cn1c(Nc2ccccc2F)nc2cnc(NC3CCOCC3)nc21. The molecule has 0 bridgehead atoms. The summed E-state index contributed by atoms with van der Waals surface area (Å²) in [4.78, 5) is 13.7. The highest BCUT2D eigenvalue weighted by molar-refractivity contribution is 5.76. The number of fused-ring (bicyclic) bond motifs is 1. The Balaban J connectivity index is 1.67. The van der Waals surface area contributed by atoms with Gasteiger partial charge in [0.2, 0.25) is 11.9 Å². The van der Waals surface area contributed by atoms with Crippen LogP contribution in [0.25, 0.3) is 11.2 Å². The van der Waals surface area contributed by atoms with Gasteiger partial charge < -0.3 is 15.4 Å². The maximum atomic E-state index is 14.1. The number of aromatic nitrogens is 4. The number of ether oxygens (including phenoxy) is 1. The highest BCUT2D eigenvalue weighted by Crippen LogP contribution is 2.25. The summed E-state index contributed by atoms with van der Waals surface area (Å²) in [5.41, 5.74) is 1.80. The number of halogens is 1. The first-order valence-electron chi connectivity index (χ1n) is 9.69. The number of para-hydroxylation sites is 1. The van der Waals surface area contributed by atoms with Crippen LogP contribution in [0.5, 0.6) is 0 Å². The molecule has 0 aliphatic carbocycles. The number of rotatable bonds is 6. The van der Waals surface area contributed by atoms with E-state index in [2.05, 4.69) is 34.4 Å². The maximum Gasteiger partial charge on any atom is 0.224 e. The van der Waals surface area contributed by atoms with E-state index in [0.29, 0.717) is 41.6 Å². The number of anilines is 3. The van der Waals surface area contributed by atoms with E-state index in [4.69, 9.17) is 9.72 Å². The number of imidazole rings is 1. The fourth-order valence-corrected chi connectivity index (χ4v) is 3.33. The lowest BCUT2D eigenvalue weighted by Gasteiger charge is -2.23. The van der Waals surface area contributed by atoms with E-state index in [1.54, 1.807) is 24.4 Å². The summed E-state index contributed by atoms with van der Waals surface area (Å²) in [5.74, 6) is 1.20. The molecular weight excluding hydrogens is 359 g/mol. The average molecular weight is 384 g/mol. The molecule has 0 radical (unpaired) electrons. The van der Waals surface area contributed by atoms with Crippen LogP contribution < -0.4 is 10.6 Å². The van der Waals surface area contributed by atoms with Crippen LogP contribution >= 0.6 is 0 Å². The van der Waals surface area contributed by atoms with Gasteiger partial charge in [-0.15, -0.1) is 0 Å². The number of hydrogen-bond donors (Lipinski definition) is 2. The summed E-state index contributed by atoms with van der Waals surface area (Å²) in [7, 11) is 0. The van der Waals surface area contributed by atoms with Gasteiger partial charge in [-0.1, -0.05) is 26.0 Å². The van der Waals surface area contributed by atoms with Gasteiger partial charge >= 0.3 is 0 Å². The van der Waals surface area contributed by atoms with Gasteiger partial charge in [0, 0.05) is 25.8 Å². The van der Waals surface area contributed by atoms with E-state index >= 15 is 0 Å². The van der Waals surface area contributed by atoms with Crippen LogP contribution in [0.1, 0.15) is 26.7 Å². The normalized spacial score (nSPS) is 15.3. The summed E-state index contributed by atoms with van der Waals surface area (Å²) in [6.07, 6.45) is 3.59. The van der Waals surface area contributed by atoms with E-state index in [1.807, 2.05) is 4.57 Å². The van der Waals surface area contributed by atoms with Crippen molar-refractivity contribution in [3.05, 3.63) is 36.3 Å². The molecule has 0 atom stereocenters. The first-order chi connectivity index (χ1) is 13.6. The Morgan fingerprint density at radius 1 is 1.21 bits per heavy atom. The molecule has 7 nitrogen and oxygen atoms in total. The third-order valence-corrected chi connectivity index (χ3v) is 4.71. The molecule has 0 saturated carbocycles. The minimum atomic E-state index is -0.321. The first-order valence-corrected chi connectivity index (χ1v) is 9.69. The Hall–Kier alpha value is -2.74. The fourth-order valence-electron chi connectivity index (χ4n) is 3.33. The minimum Gasteiger partial charge on any atom is -0.381 e. The average Bonchev–Trinajstić information content (AvgIpc) is 3.01. The topological polar surface area (TPSA) is 76.9 Å². The monoisotopic (exact) mass is 384 g/mol. The number of hydrogen-bond acceptors (Lipinski definition) is 6. The smallest absolute Gasteiger partial charge is 0.224 e. The summed E-state index contributed by atoms with van der Waals surface area (Å²) in [6, 6.07) is 6.88. The van der Waals surface area contributed by atoms with Gasteiger partial charge in [0.1, 0.15) is 11.3 Å². The first kappa shape index (κ1) is 18.6. The molecule has 0 unspecified atom stereocenters. The van der Waals surface area contributed by atoms with Gasteiger partial charge in [0.15, 0.2) is 5.65 Å². The third kappa shape index (κ3) is 4.06. The molecule has 1 aromatic carbocycles. The van der Waals surface area contributed by atoms with Crippen molar-refractivity contribution in [3.8, 4) is 0 Å². The van der Waals surface area contributed by atoms with Crippen molar-refractivity contribution >= 4 is 28.7 Å². The predicted molar refractivity (Wildman–Crippen MR) is 107 cm³/mol. The van der Waals surface area contributed by atoms with Crippen molar-refractivity contribution in [3.63, 3.8) is 0 Å². The molecule has 3 aromatic rings.